The van der Waals surface area contributed by atoms with Gasteiger partial charge in [-0.05, 0) is 38.5 Å². The Labute approximate surface area is 136 Å². The van der Waals surface area contributed by atoms with Crippen molar-refractivity contribution in [3.8, 4) is 0 Å². The molecule has 0 saturated carbocycles. The lowest BCUT2D eigenvalue weighted by molar-refractivity contribution is -0.143. The van der Waals surface area contributed by atoms with E-state index in [9.17, 15) is 4.79 Å². The zero-order chi connectivity index (χ0) is 16.6. The van der Waals surface area contributed by atoms with Gasteiger partial charge in [-0.2, -0.15) is 0 Å². The molecule has 2 N–H and O–H groups in total. The summed E-state index contributed by atoms with van der Waals surface area (Å²) in [7, 11) is 1.80. The zero-order valence-corrected chi connectivity index (χ0v) is 14.9. The molecule has 0 aromatic carbocycles. The third kappa shape index (κ3) is 13.7. The lowest BCUT2D eigenvalue weighted by Crippen LogP contribution is -2.38. The summed E-state index contributed by atoms with van der Waals surface area (Å²) in [5, 5.41) is 6.66. The molecule has 0 atom stereocenters. The van der Waals surface area contributed by atoms with Crippen LogP contribution in [0.4, 0.5) is 0 Å². The number of carbonyl (C=O) groups is 1. The van der Waals surface area contributed by atoms with E-state index in [0.717, 1.165) is 50.7 Å². The van der Waals surface area contributed by atoms with Crippen molar-refractivity contribution in [3.63, 3.8) is 0 Å². The number of unbranched alkanes of at least 4 members (excludes halogenated alkanes) is 3. The van der Waals surface area contributed by atoms with Crippen molar-refractivity contribution >= 4 is 11.9 Å². The molecule has 5 heteroatoms. The van der Waals surface area contributed by atoms with Crippen LogP contribution in [-0.2, 0) is 9.53 Å². The van der Waals surface area contributed by atoms with Crippen molar-refractivity contribution in [2.45, 2.75) is 65.7 Å². The molecule has 0 rings (SSSR count). The van der Waals surface area contributed by atoms with Crippen molar-refractivity contribution < 1.29 is 9.53 Å². The maximum absolute atomic E-state index is 11.2. The highest BCUT2D eigenvalue weighted by Crippen LogP contribution is 2.04. The van der Waals surface area contributed by atoms with Gasteiger partial charge in [0.1, 0.15) is 0 Å². The summed E-state index contributed by atoms with van der Waals surface area (Å²) < 4.78 is 4.90. The number of aliphatic imine (C=N–C) groups is 1. The Kier molecular flexibility index (Phi) is 13.8. The molecule has 0 aliphatic rings. The summed E-state index contributed by atoms with van der Waals surface area (Å²) in [6.07, 6.45) is 7.16. The van der Waals surface area contributed by atoms with E-state index in [2.05, 4.69) is 29.5 Å². The molecule has 0 unspecified atom stereocenters. The Bertz CT molecular complexity index is 304. The lowest BCUT2D eigenvalue weighted by atomic mass is 10.1. The highest BCUT2D eigenvalue weighted by molar-refractivity contribution is 5.79. The molecule has 0 heterocycles. The molecule has 0 aliphatic carbocycles. The number of hydrogen-bond donors (Lipinski definition) is 2. The van der Waals surface area contributed by atoms with E-state index >= 15 is 0 Å². The van der Waals surface area contributed by atoms with E-state index in [1.807, 2.05) is 6.92 Å². The summed E-state index contributed by atoms with van der Waals surface area (Å²) in [6.45, 7) is 8.70. The van der Waals surface area contributed by atoms with E-state index in [1.165, 1.54) is 12.8 Å². The molecule has 0 aromatic heterocycles. The maximum atomic E-state index is 11.2. The van der Waals surface area contributed by atoms with Gasteiger partial charge in [0.05, 0.1) is 6.61 Å². The molecular weight excluding hydrogens is 278 g/mol. The Morgan fingerprint density at radius 2 is 1.68 bits per heavy atom. The molecule has 0 aromatic rings. The number of guanidine groups is 1. The number of ether oxygens (including phenoxy) is 1. The molecule has 0 bridgehead atoms. The summed E-state index contributed by atoms with van der Waals surface area (Å²) in [5.74, 6) is 1.56. The maximum Gasteiger partial charge on any atom is 0.305 e. The number of carbonyl (C=O) groups excluding carboxylic acids is 1. The van der Waals surface area contributed by atoms with Crippen molar-refractivity contribution in [2.24, 2.45) is 10.9 Å². The van der Waals surface area contributed by atoms with Crippen molar-refractivity contribution in [1.82, 2.24) is 10.6 Å². The van der Waals surface area contributed by atoms with Crippen LogP contribution in [0, 0.1) is 5.92 Å². The fraction of sp³-hybridized carbons (Fsp3) is 0.882. The predicted molar refractivity (Wildman–Crippen MR) is 93.2 cm³/mol. The van der Waals surface area contributed by atoms with Crippen molar-refractivity contribution in [1.29, 1.82) is 0 Å². The van der Waals surface area contributed by atoms with E-state index in [0.29, 0.717) is 13.0 Å². The summed E-state index contributed by atoms with van der Waals surface area (Å²) >= 11 is 0. The number of hydrogen-bond acceptors (Lipinski definition) is 3. The molecule has 5 nitrogen and oxygen atoms in total. The molecule has 0 aliphatic heterocycles. The highest BCUT2D eigenvalue weighted by Gasteiger charge is 2.01. The summed E-state index contributed by atoms with van der Waals surface area (Å²) in [4.78, 5) is 15.4. The topological polar surface area (TPSA) is 62.7 Å². The molecule has 130 valence electrons. The Morgan fingerprint density at radius 3 is 2.27 bits per heavy atom. The summed E-state index contributed by atoms with van der Waals surface area (Å²) in [6, 6.07) is 0. The second-order valence-electron chi connectivity index (χ2n) is 5.93. The Morgan fingerprint density at radius 1 is 1.05 bits per heavy atom. The monoisotopic (exact) mass is 313 g/mol. The number of rotatable bonds is 12. The highest BCUT2D eigenvalue weighted by atomic mass is 16.5. The van der Waals surface area contributed by atoms with Gasteiger partial charge in [0.25, 0.3) is 0 Å². The molecular formula is C17H35N3O2. The van der Waals surface area contributed by atoms with E-state index < -0.39 is 0 Å². The van der Waals surface area contributed by atoms with Crippen LogP contribution in [0.25, 0.3) is 0 Å². The van der Waals surface area contributed by atoms with Crippen molar-refractivity contribution in [2.75, 3.05) is 26.7 Å². The van der Waals surface area contributed by atoms with Gasteiger partial charge in [0.2, 0.25) is 0 Å². The van der Waals surface area contributed by atoms with Gasteiger partial charge in [-0.3, -0.25) is 9.79 Å². The van der Waals surface area contributed by atoms with Crippen molar-refractivity contribution in [3.05, 3.63) is 0 Å². The van der Waals surface area contributed by atoms with Crippen LogP contribution < -0.4 is 10.6 Å². The Balaban J connectivity index is 3.46. The van der Waals surface area contributed by atoms with Gasteiger partial charge in [-0.15, -0.1) is 0 Å². The lowest BCUT2D eigenvalue weighted by Gasteiger charge is -2.12. The fourth-order valence-corrected chi connectivity index (χ4v) is 2.13. The number of nitrogens with zero attached hydrogens (tertiary/aromatic N) is 1. The second kappa shape index (κ2) is 14.7. The smallest absolute Gasteiger partial charge is 0.305 e. The van der Waals surface area contributed by atoms with Crippen LogP contribution in [0.2, 0.25) is 0 Å². The average molecular weight is 313 g/mol. The zero-order valence-electron chi connectivity index (χ0n) is 14.9. The third-order valence-electron chi connectivity index (χ3n) is 3.38. The largest absolute Gasteiger partial charge is 0.466 e. The second-order valence-corrected chi connectivity index (χ2v) is 5.93. The van der Waals surface area contributed by atoms with Gasteiger partial charge in [-0.25, -0.2) is 0 Å². The first-order chi connectivity index (χ1) is 10.6. The van der Waals surface area contributed by atoms with Gasteiger partial charge in [0.15, 0.2) is 5.96 Å². The minimum Gasteiger partial charge on any atom is -0.466 e. The van der Waals surface area contributed by atoms with Gasteiger partial charge in [0, 0.05) is 26.6 Å². The standard InChI is InChI=1S/C17H35N3O2/c1-5-22-16(21)12-8-6-7-9-13-19-17(18-4)20-14-10-11-15(2)3/h15H,5-14H2,1-4H3,(H2,18,19,20). The first kappa shape index (κ1) is 20.7. The predicted octanol–water partition coefficient (Wildman–Crippen LogP) is 3.10. The molecule has 0 radical (unpaired) electrons. The number of esters is 1. The van der Waals surface area contributed by atoms with E-state index in [1.54, 1.807) is 7.05 Å². The van der Waals surface area contributed by atoms with Crippen LogP contribution in [0.15, 0.2) is 4.99 Å². The minimum absolute atomic E-state index is 0.0772. The number of nitrogens with one attached hydrogen (secondary N) is 2. The van der Waals surface area contributed by atoms with E-state index in [4.69, 9.17) is 4.74 Å². The first-order valence-corrected chi connectivity index (χ1v) is 8.70. The van der Waals surface area contributed by atoms with Crippen LogP contribution in [0.3, 0.4) is 0 Å². The van der Waals surface area contributed by atoms with Gasteiger partial charge < -0.3 is 15.4 Å². The fourth-order valence-electron chi connectivity index (χ4n) is 2.13. The van der Waals surface area contributed by atoms with E-state index in [-0.39, 0.29) is 5.97 Å². The molecule has 22 heavy (non-hydrogen) atoms. The summed E-state index contributed by atoms with van der Waals surface area (Å²) in [5.41, 5.74) is 0. The van der Waals surface area contributed by atoms with Crippen LogP contribution in [0.1, 0.15) is 65.7 Å². The SMILES string of the molecule is CCOC(=O)CCCCCCNC(=NC)NCCCC(C)C. The average Bonchev–Trinajstić information content (AvgIpc) is 2.48. The molecule has 0 fully saturated rings. The third-order valence-corrected chi connectivity index (χ3v) is 3.38. The molecule has 0 spiro atoms. The van der Waals surface area contributed by atoms with Gasteiger partial charge in [-0.1, -0.05) is 26.7 Å². The van der Waals surface area contributed by atoms with Crippen LogP contribution in [-0.4, -0.2) is 38.7 Å². The minimum atomic E-state index is -0.0772. The quantitative estimate of drug-likeness (QED) is 0.251. The normalized spacial score (nSPS) is 11.6. The molecule has 0 saturated heterocycles. The van der Waals surface area contributed by atoms with Crippen LogP contribution >= 0.6 is 0 Å². The van der Waals surface area contributed by atoms with Crippen LogP contribution in [0.5, 0.6) is 0 Å². The first-order valence-electron chi connectivity index (χ1n) is 8.70. The Hall–Kier alpha value is -1.26. The molecule has 0 amide bonds. The van der Waals surface area contributed by atoms with Gasteiger partial charge >= 0.3 is 5.97 Å².